The van der Waals surface area contributed by atoms with Gasteiger partial charge in [-0.05, 0) is 62.0 Å². The van der Waals surface area contributed by atoms with E-state index in [0.29, 0.717) is 5.92 Å². The number of hydrogen-bond donors (Lipinski definition) is 2. The van der Waals surface area contributed by atoms with Gasteiger partial charge in [-0.3, -0.25) is 0 Å². The van der Waals surface area contributed by atoms with Gasteiger partial charge in [-0.25, -0.2) is 0 Å². The van der Waals surface area contributed by atoms with Crippen molar-refractivity contribution < 1.29 is 5.11 Å². The lowest BCUT2D eigenvalue weighted by molar-refractivity contribution is 0.162. The predicted octanol–water partition coefficient (Wildman–Crippen LogP) is 2.70. The first kappa shape index (κ1) is 14.3. The van der Waals surface area contributed by atoms with Crippen LogP contribution in [0.15, 0.2) is 18.2 Å². The van der Waals surface area contributed by atoms with Gasteiger partial charge in [0.25, 0.3) is 0 Å². The minimum Gasteiger partial charge on any atom is -0.396 e. The number of aryl methyl sites for hydroxylation is 1. The molecule has 19 heavy (non-hydrogen) atoms. The third kappa shape index (κ3) is 3.45. The Kier molecular flexibility index (Phi) is 4.77. The molecular weight excluding hydrogens is 256 g/mol. The Balaban J connectivity index is 2.02. The van der Waals surface area contributed by atoms with Crippen LogP contribution in [0.2, 0.25) is 0 Å². The summed E-state index contributed by atoms with van der Waals surface area (Å²) in [4.78, 5) is 2.17. The number of nitrogens with zero attached hydrogens (tertiary/aromatic N) is 1. The minimum absolute atomic E-state index is 0.253. The highest BCUT2D eigenvalue weighted by atomic mass is 32.1. The number of benzene rings is 1. The van der Waals surface area contributed by atoms with Crippen LogP contribution >= 0.6 is 12.2 Å². The second-order valence-corrected chi connectivity index (χ2v) is 5.70. The van der Waals surface area contributed by atoms with Crippen LogP contribution in [0.3, 0.4) is 0 Å². The number of piperidine rings is 1. The number of anilines is 1. The van der Waals surface area contributed by atoms with Gasteiger partial charge in [-0.1, -0.05) is 12.1 Å². The fraction of sp³-hybridized carbons (Fsp3) is 0.533. The Hall–Kier alpha value is -1.13. The highest BCUT2D eigenvalue weighted by Gasteiger charge is 2.21. The first-order chi connectivity index (χ1) is 9.11. The molecule has 1 aliphatic heterocycles. The van der Waals surface area contributed by atoms with Crippen LogP contribution in [0.1, 0.15) is 24.0 Å². The van der Waals surface area contributed by atoms with E-state index in [-0.39, 0.29) is 6.61 Å². The molecule has 0 radical (unpaired) electrons. The largest absolute Gasteiger partial charge is 0.396 e. The van der Waals surface area contributed by atoms with Crippen molar-refractivity contribution >= 4 is 23.0 Å². The van der Waals surface area contributed by atoms with Crippen LogP contribution in [0.5, 0.6) is 0 Å². The number of aliphatic hydroxyl groups is 1. The molecule has 1 saturated heterocycles. The minimum atomic E-state index is 0.253. The molecule has 2 rings (SSSR count). The van der Waals surface area contributed by atoms with Crippen LogP contribution in [-0.2, 0) is 0 Å². The Morgan fingerprint density at radius 1 is 1.47 bits per heavy atom. The number of aliphatic hydroxyl groups excluding tert-OH is 1. The van der Waals surface area contributed by atoms with Crippen molar-refractivity contribution in [1.29, 1.82) is 0 Å². The molecule has 1 heterocycles. The normalized spacial score (nSPS) is 19.3. The van der Waals surface area contributed by atoms with E-state index in [2.05, 4.69) is 36.2 Å². The molecule has 104 valence electrons. The molecule has 0 saturated carbocycles. The molecule has 0 aromatic heterocycles. The maximum absolute atomic E-state index is 9.27. The topological polar surface area (TPSA) is 35.5 Å². The molecule has 1 aromatic rings. The molecule has 2 N–H and O–H groups in total. The zero-order chi connectivity index (χ0) is 13.8. The van der Waals surface area contributed by atoms with Crippen molar-refractivity contribution in [1.82, 2.24) is 4.90 Å². The monoisotopic (exact) mass is 278 g/mol. The van der Waals surface area contributed by atoms with E-state index in [0.717, 1.165) is 36.7 Å². The molecule has 1 aromatic carbocycles. The van der Waals surface area contributed by atoms with Crippen LogP contribution < -0.4 is 5.32 Å². The lowest BCUT2D eigenvalue weighted by Crippen LogP contribution is -2.43. The molecular formula is C15H22N2OS. The highest BCUT2D eigenvalue weighted by molar-refractivity contribution is 7.80. The Bertz CT molecular complexity index is 461. The summed E-state index contributed by atoms with van der Waals surface area (Å²) in [7, 11) is 0. The zero-order valence-electron chi connectivity index (χ0n) is 11.6. The summed E-state index contributed by atoms with van der Waals surface area (Å²) in [6.07, 6.45) is 2.19. The van der Waals surface area contributed by atoms with E-state index < -0.39 is 0 Å². The van der Waals surface area contributed by atoms with Gasteiger partial charge in [0.15, 0.2) is 5.11 Å². The fourth-order valence-electron chi connectivity index (χ4n) is 2.48. The lowest BCUT2D eigenvalue weighted by atomic mass is 9.99. The van der Waals surface area contributed by atoms with Gasteiger partial charge in [0.2, 0.25) is 0 Å². The molecule has 1 fully saturated rings. The molecule has 1 aliphatic rings. The van der Waals surface area contributed by atoms with E-state index in [9.17, 15) is 5.11 Å². The van der Waals surface area contributed by atoms with Gasteiger partial charge in [0, 0.05) is 25.4 Å². The van der Waals surface area contributed by atoms with Crippen LogP contribution in [0.4, 0.5) is 5.69 Å². The zero-order valence-corrected chi connectivity index (χ0v) is 12.5. The quantitative estimate of drug-likeness (QED) is 0.815. The van der Waals surface area contributed by atoms with Crippen LogP contribution in [0, 0.1) is 19.8 Å². The number of hydrogen-bond acceptors (Lipinski definition) is 2. The maximum atomic E-state index is 9.27. The van der Waals surface area contributed by atoms with Crippen molar-refractivity contribution in [2.45, 2.75) is 26.7 Å². The molecule has 0 amide bonds. The molecule has 3 nitrogen and oxygen atoms in total. The van der Waals surface area contributed by atoms with E-state index in [1.165, 1.54) is 11.1 Å². The standard InChI is InChI=1S/C15H22N2OS/c1-11-5-3-7-14(12(11)2)16-15(19)17-8-4-6-13(9-17)10-18/h3,5,7,13,18H,4,6,8-10H2,1-2H3,(H,16,19)/t13-/m1/s1. The van der Waals surface area contributed by atoms with Crippen molar-refractivity contribution in [2.75, 3.05) is 25.0 Å². The summed E-state index contributed by atoms with van der Waals surface area (Å²) in [5.41, 5.74) is 3.58. The van der Waals surface area contributed by atoms with Crippen molar-refractivity contribution in [3.63, 3.8) is 0 Å². The molecule has 4 heteroatoms. The van der Waals surface area contributed by atoms with Gasteiger partial charge in [0.05, 0.1) is 0 Å². The lowest BCUT2D eigenvalue weighted by Gasteiger charge is -2.34. The first-order valence-electron chi connectivity index (χ1n) is 6.85. The van der Waals surface area contributed by atoms with E-state index in [1.807, 2.05) is 6.07 Å². The number of nitrogens with one attached hydrogen (secondary N) is 1. The summed E-state index contributed by atoms with van der Waals surface area (Å²) < 4.78 is 0. The Morgan fingerprint density at radius 3 is 3.00 bits per heavy atom. The van der Waals surface area contributed by atoms with Crippen LogP contribution in [0.25, 0.3) is 0 Å². The van der Waals surface area contributed by atoms with Crippen molar-refractivity contribution in [3.05, 3.63) is 29.3 Å². The summed E-state index contributed by atoms with van der Waals surface area (Å²) in [6.45, 7) is 6.29. The number of rotatable bonds is 2. The Morgan fingerprint density at radius 2 is 2.26 bits per heavy atom. The molecule has 0 bridgehead atoms. The molecule has 0 unspecified atom stereocenters. The smallest absolute Gasteiger partial charge is 0.173 e. The first-order valence-corrected chi connectivity index (χ1v) is 7.25. The SMILES string of the molecule is Cc1cccc(NC(=S)N2CCC[C@@H](CO)C2)c1C. The average Bonchev–Trinajstić information content (AvgIpc) is 2.44. The number of thiocarbonyl (C=S) groups is 1. The fourth-order valence-corrected chi connectivity index (χ4v) is 2.76. The highest BCUT2D eigenvalue weighted by Crippen LogP contribution is 2.21. The van der Waals surface area contributed by atoms with E-state index in [1.54, 1.807) is 0 Å². The molecule has 1 atom stereocenters. The van der Waals surface area contributed by atoms with Crippen molar-refractivity contribution in [2.24, 2.45) is 5.92 Å². The second kappa shape index (κ2) is 6.35. The van der Waals surface area contributed by atoms with E-state index in [4.69, 9.17) is 12.2 Å². The van der Waals surface area contributed by atoms with Crippen molar-refractivity contribution in [3.8, 4) is 0 Å². The van der Waals surface area contributed by atoms with Gasteiger partial charge in [-0.2, -0.15) is 0 Å². The third-order valence-electron chi connectivity index (χ3n) is 3.91. The number of likely N-dealkylation sites (tertiary alicyclic amines) is 1. The Labute approximate surface area is 120 Å². The van der Waals surface area contributed by atoms with E-state index >= 15 is 0 Å². The summed E-state index contributed by atoms with van der Waals surface area (Å²) in [5.74, 6) is 0.354. The average molecular weight is 278 g/mol. The predicted molar refractivity (Wildman–Crippen MR) is 83.5 cm³/mol. The third-order valence-corrected chi connectivity index (χ3v) is 4.27. The summed E-state index contributed by atoms with van der Waals surface area (Å²) in [6, 6.07) is 6.20. The second-order valence-electron chi connectivity index (χ2n) is 5.31. The summed E-state index contributed by atoms with van der Waals surface area (Å²) in [5, 5.41) is 13.4. The maximum Gasteiger partial charge on any atom is 0.173 e. The van der Waals surface area contributed by atoms with Crippen LogP contribution in [-0.4, -0.2) is 34.8 Å². The summed E-state index contributed by atoms with van der Waals surface area (Å²) >= 11 is 5.49. The van der Waals surface area contributed by atoms with Gasteiger partial charge < -0.3 is 15.3 Å². The molecule has 0 spiro atoms. The van der Waals surface area contributed by atoms with Gasteiger partial charge in [-0.15, -0.1) is 0 Å². The van der Waals surface area contributed by atoms with Gasteiger partial charge in [0.1, 0.15) is 0 Å². The molecule has 0 aliphatic carbocycles. The van der Waals surface area contributed by atoms with Gasteiger partial charge >= 0.3 is 0 Å².